The van der Waals surface area contributed by atoms with Crippen molar-refractivity contribution >= 4 is 29.8 Å². The van der Waals surface area contributed by atoms with Crippen LogP contribution >= 0.6 is 0 Å². The predicted octanol–water partition coefficient (Wildman–Crippen LogP) is 11.0. The molecule has 2 aliphatic rings. The summed E-state index contributed by atoms with van der Waals surface area (Å²) in [4.78, 5) is 66.5. The lowest BCUT2D eigenvalue weighted by atomic mass is 9.87. The van der Waals surface area contributed by atoms with Crippen LogP contribution in [0.5, 0.6) is 0 Å². The minimum Gasteiger partial charge on any atom is -0.466 e. The van der Waals surface area contributed by atoms with Gasteiger partial charge < -0.3 is 28.6 Å². The van der Waals surface area contributed by atoms with Gasteiger partial charge in [0.25, 0.3) is 0 Å². The van der Waals surface area contributed by atoms with E-state index in [1.54, 1.807) is 0 Å². The van der Waals surface area contributed by atoms with Crippen molar-refractivity contribution in [3.63, 3.8) is 0 Å². The van der Waals surface area contributed by atoms with Gasteiger partial charge in [-0.15, -0.1) is 0 Å². The average molecular weight is 862 g/mol. The molecule has 0 aromatic heterocycles. The quantitative estimate of drug-likeness (QED) is 0.0261. The summed E-state index contributed by atoms with van der Waals surface area (Å²) in [5, 5.41) is 0. The summed E-state index contributed by atoms with van der Waals surface area (Å²) in [5.41, 5.74) is -0.496. The van der Waals surface area contributed by atoms with E-state index in [4.69, 9.17) is 23.7 Å². The summed E-state index contributed by atoms with van der Waals surface area (Å²) < 4.78 is 29.1. The highest BCUT2D eigenvalue weighted by Crippen LogP contribution is 2.41. The van der Waals surface area contributed by atoms with Gasteiger partial charge in [-0.1, -0.05) is 104 Å². The van der Waals surface area contributed by atoms with Gasteiger partial charge in [-0.2, -0.15) is 0 Å². The van der Waals surface area contributed by atoms with Crippen LogP contribution in [0, 0.1) is 23.2 Å². The zero-order valence-electron chi connectivity index (χ0n) is 39.5. The molecule has 352 valence electrons. The van der Waals surface area contributed by atoms with E-state index in [1.807, 2.05) is 14.0 Å². The molecular weight excluding hydrogens is 775 g/mol. The molecule has 1 heterocycles. The molecule has 5 unspecified atom stereocenters. The Morgan fingerprint density at radius 1 is 0.672 bits per heavy atom. The summed E-state index contributed by atoms with van der Waals surface area (Å²) in [5.74, 6) is -1.11. The van der Waals surface area contributed by atoms with Crippen LogP contribution in [0.2, 0.25) is 0 Å². The van der Waals surface area contributed by atoms with Gasteiger partial charge in [0.1, 0.15) is 12.2 Å². The number of nitrogens with zero attached hydrogens (tertiary/aromatic N) is 1. The second kappa shape index (κ2) is 32.7. The first-order chi connectivity index (χ1) is 29.4. The molecule has 61 heavy (non-hydrogen) atoms. The van der Waals surface area contributed by atoms with Gasteiger partial charge in [0, 0.05) is 50.5 Å². The number of hydrogen-bond donors (Lipinski definition) is 0. The van der Waals surface area contributed by atoms with E-state index < -0.39 is 5.41 Å². The second-order valence-electron chi connectivity index (χ2n) is 18.4. The molecule has 0 amide bonds. The fourth-order valence-corrected chi connectivity index (χ4v) is 8.67. The summed E-state index contributed by atoms with van der Waals surface area (Å²) in [6.07, 6.45) is 24.6. The van der Waals surface area contributed by atoms with Crippen molar-refractivity contribution in [3.8, 4) is 0 Å². The fraction of sp³-hybridized carbons (Fsp3) is 0.860. The van der Waals surface area contributed by atoms with Crippen molar-refractivity contribution in [3.05, 3.63) is 12.2 Å². The normalized spacial score (nSPS) is 20.9. The Balaban J connectivity index is 1.90. The Labute approximate surface area is 370 Å². The lowest BCUT2D eigenvalue weighted by molar-refractivity contribution is -0.162. The lowest BCUT2D eigenvalue weighted by Crippen LogP contribution is -2.36. The van der Waals surface area contributed by atoms with Crippen LogP contribution in [0.25, 0.3) is 0 Å². The first-order valence-corrected chi connectivity index (χ1v) is 24.6. The van der Waals surface area contributed by atoms with Crippen LogP contribution in [0.4, 0.5) is 0 Å². The molecule has 0 N–H and O–H groups in total. The summed E-state index contributed by atoms with van der Waals surface area (Å²) >= 11 is 0. The van der Waals surface area contributed by atoms with Gasteiger partial charge in [0.05, 0.1) is 25.2 Å². The first-order valence-electron chi connectivity index (χ1n) is 24.6. The molecule has 0 radical (unpaired) electrons. The third kappa shape index (κ3) is 23.9. The van der Waals surface area contributed by atoms with Gasteiger partial charge in [-0.05, 0) is 97.1 Å². The largest absolute Gasteiger partial charge is 0.466 e. The molecule has 11 nitrogen and oxygen atoms in total. The number of carbonyl (C=O) groups excluding carboxylic acids is 5. The molecule has 1 saturated carbocycles. The molecule has 0 spiro atoms. The number of esters is 5. The molecule has 2 fully saturated rings. The van der Waals surface area contributed by atoms with Crippen molar-refractivity contribution < 1.29 is 47.7 Å². The van der Waals surface area contributed by atoms with Crippen molar-refractivity contribution in [2.75, 3.05) is 40.0 Å². The minimum absolute atomic E-state index is 0.0647. The van der Waals surface area contributed by atoms with E-state index in [-0.39, 0.29) is 92.5 Å². The monoisotopic (exact) mass is 862 g/mol. The SMILES string of the molecule is CC/C=C\CC1C(CC(=O)OCCC(CCCCCCCC)OC(=O)CCCCC(COC(=O)CCCCC)COC(=O)CCCCC)CCC1OC(=O)C1(C)CCN(C)C1. The minimum atomic E-state index is -0.496. The third-order valence-electron chi connectivity index (χ3n) is 12.6. The predicted molar refractivity (Wildman–Crippen MR) is 241 cm³/mol. The number of allylic oxidation sites excluding steroid dienone is 2. The Morgan fingerprint density at radius 2 is 1.26 bits per heavy atom. The number of unbranched alkanes of at least 4 members (excludes halogenated alkanes) is 10. The van der Waals surface area contributed by atoms with Crippen LogP contribution in [0.1, 0.15) is 202 Å². The van der Waals surface area contributed by atoms with Crippen molar-refractivity contribution in [2.45, 2.75) is 214 Å². The molecule has 0 bridgehead atoms. The highest BCUT2D eigenvalue weighted by molar-refractivity contribution is 5.77. The number of carbonyl (C=O) groups is 5. The van der Waals surface area contributed by atoms with Crippen LogP contribution in [-0.2, 0) is 47.7 Å². The third-order valence-corrected chi connectivity index (χ3v) is 12.6. The molecule has 1 aliphatic carbocycles. The van der Waals surface area contributed by atoms with Crippen LogP contribution in [0.3, 0.4) is 0 Å². The topological polar surface area (TPSA) is 135 Å². The number of hydrogen-bond acceptors (Lipinski definition) is 11. The number of rotatable bonds is 35. The number of likely N-dealkylation sites (tertiary alicyclic amines) is 1. The maximum absolute atomic E-state index is 13.3. The molecule has 0 aromatic rings. The highest BCUT2D eigenvalue weighted by Gasteiger charge is 2.45. The maximum Gasteiger partial charge on any atom is 0.313 e. The molecule has 5 atom stereocenters. The Kier molecular flexibility index (Phi) is 29.0. The molecular formula is C50H87NO10. The Hall–Kier alpha value is -2.95. The van der Waals surface area contributed by atoms with E-state index in [2.05, 4.69) is 44.7 Å². The van der Waals surface area contributed by atoms with Gasteiger partial charge in [0.15, 0.2) is 0 Å². The second-order valence-corrected chi connectivity index (χ2v) is 18.4. The molecule has 1 saturated heterocycles. The maximum atomic E-state index is 13.3. The van der Waals surface area contributed by atoms with Crippen LogP contribution < -0.4 is 0 Å². The molecule has 0 aromatic carbocycles. The van der Waals surface area contributed by atoms with E-state index in [0.717, 1.165) is 103 Å². The van der Waals surface area contributed by atoms with E-state index in [1.165, 1.54) is 19.3 Å². The number of ether oxygens (including phenoxy) is 5. The van der Waals surface area contributed by atoms with Gasteiger partial charge in [-0.25, -0.2) is 0 Å². The zero-order chi connectivity index (χ0) is 44.7. The van der Waals surface area contributed by atoms with E-state index in [0.29, 0.717) is 45.1 Å². The van der Waals surface area contributed by atoms with Crippen molar-refractivity contribution in [2.24, 2.45) is 23.2 Å². The first kappa shape index (κ1) is 54.2. The molecule has 11 heteroatoms. The van der Waals surface area contributed by atoms with Crippen LogP contribution in [0.15, 0.2) is 12.2 Å². The zero-order valence-corrected chi connectivity index (χ0v) is 39.5. The lowest BCUT2D eigenvalue weighted by Gasteiger charge is -2.28. The van der Waals surface area contributed by atoms with Crippen molar-refractivity contribution in [1.29, 1.82) is 0 Å². The van der Waals surface area contributed by atoms with E-state index in [9.17, 15) is 24.0 Å². The standard InChI is InChI=1S/C50H87NO10/c1-7-11-15-16-17-21-25-42(60-47(54)29-23-22-24-40(37-58-45(52)27-19-13-9-3)38-59-46(53)28-20-14-10-4)32-35-57-48(55)36-41-30-31-44(43(41)26-18-12-8-2)61-49(56)50(5)33-34-51(6)39-50/h12,18,40-44H,7-11,13-17,19-39H2,1-6H3/b18-12-. The molecule has 1 aliphatic heterocycles. The summed E-state index contributed by atoms with van der Waals surface area (Å²) in [6, 6.07) is 0. The Morgan fingerprint density at radius 3 is 1.89 bits per heavy atom. The summed E-state index contributed by atoms with van der Waals surface area (Å²) in [7, 11) is 2.03. The van der Waals surface area contributed by atoms with Gasteiger partial charge in [0.2, 0.25) is 0 Å². The van der Waals surface area contributed by atoms with Gasteiger partial charge in [-0.3, -0.25) is 24.0 Å². The Bertz CT molecular complexity index is 1240. The van der Waals surface area contributed by atoms with E-state index >= 15 is 0 Å². The van der Waals surface area contributed by atoms with Gasteiger partial charge >= 0.3 is 29.8 Å². The highest BCUT2D eigenvalue weighted by atomic mass is 16.6. The smallest absolute Gasteiger partial charge is 0.313 e. The average Bonchev–Trinajstić information content (AvgIpc) is 3.79. The fourth-order valence-electron chi connectivity index (χ4n) is 8.67. The molecule has 2 rings (SSSR count). The van der Waals surface area contributed by atoms with Crippen LogP contribution in [-0.4, -0.2) is 86.9 Å². The summed E-state index contributed by atoms with van der Waals surface area (Å²) in [6.45, 7) is 12.6. The van der Waals surface area contributed by atoms with Crippen molar-refractivity contribution in [1.82, 2.24) is 4.90 Å².